The number of aromatic nitrogens is 4. The van der Waals surface area contributed by atoms with Gasteiger partial charge in [0.25, 0.3) is 0 Å². The Morgan fingerprint density at radius 2 is 1.02 bits per heavy atom. The number of pyridine rings is 1. The fourth-order valence-corrected chi connectivity index (χ4v) is 7.00. The summed E-state index contributed by atoms with van der Waals surface area (Å²) >= 11 is 0. The van der Waals surface area contributed by atoms with Crippen molar-refractivity contribution in [2.75, 3.05) is 0 Å². The largest absolute Gasteiger partial charge is 0.456 e. The zero-order valence-corrected chi connectivity index (χ0v) is 26.2. The fraction of sp³-hybridized carbons (Fsp3) is 0. The van der Waals surface area contributed by atoms with Crippen LogP contribution in [-0.2, 0) is 0 Å². The van der Waals surface area contributed by atoms with Crippen LogP contribution in [0.4, 0.5) is 0 Å². The first-order valence-electron chi connectivity index (χ1n) is 16.3. The summed E-state index contributed by atoms with van der Waals surface area (Å²) in [4.78, 5) is 19.7. The molecule has 0 N–H and O–H groups in total. The van der Waals surface area contributed by atoms with E-state index in [1.165, 1.54) is 10.8 Å². The van der Waals surface area contributed by atoms with Crippen molar-refractivity contribution in [2.45, 2.75) is 0 Å². The third-order valence-corrected chi connectivity index (χ3v) is 9.37. The number of furan rings is 1. The molecule has 5 heteroatoms. The Kier molecular flexibility index (Phi) is 6.11. The van der Waals surface area contributed by atoms with Gasteiger partial charge in [0.15, 0.2) is 17.5 Å². The Morgan fingerprint density at radius 3 is 1.86 bits per heavy atom. The first-order valence-corrected chi connectivity index (χ1v) is 16.3. The lowest BCUT2D eigenvalue weighted by Gasteiger charge is -2.12. The predicted octanol–water partition coefficient (Wildman–Crippen LogP) is 11.3. The minimum absolute atomic E-state index is 0.628. The number of fused-ring (bicyclic) bond motifs is 8. The first kappa shape index (κ1) is 27.4. The molecule has 3 heterocycles. The topological polar surface area (TPSA) is 64.7 Å². The molecule has 0 atom stereocenters. The molecule has 10 aromatic rings. The highest BCUT2D eigenvalue weighted by Gasteiger charge is 2.17. The van der Waals surface area contributed by atoms with Gasteiger partial charge in [0.1, 0.15) is 11.2 Å². The van der Waals surface area contributed by atoms with Crippen LogP contribution in [0.3, 0.4) is 0 Å². The molecule has 0 aliphatic heterocycles. The molecule has 0 saturated carbocycles. The summed E-state index contributed by atoms with van der Waals surface area (Å²) in [6, 6.07) is 52.2. The zero-order valence-electron chi connectivity index (χ0n) is 26.2. The first-order chi connectivity index (χ1) is 24.3. The van der Waals surface area contributed by atoms with Crippen LogP contribution in [0.1, 0.15) is 0 Å². The maximum atomic E-state index is 6.22. The summed E-state index contributed by atoms with van der Waals surface area (Å²) in [5, 5.41) is 7.90. The lowest BCUT2D eigenvalue weighted by atomic mass is 9.97. The van der Waals surface area contributed by atoms with Crippen LogP contribution in [0.15, 0.2) is 162 Å². The minimum atomic E-state index is 0.628. The quantitative estimate of drug-likeness (QED) is 0.182. The third-order valence-electron chi connectivity index (χ3n) is 9.37. The second-order valence-corrected chi connectivity index (χ2v) is 12.3. The summed E-state index contributed by atoms with van der Waals surface area (Å²) in [7, 11) is 0. The minimum Gasteiger partial charge on any atom is -0.456 e. The lowest BCUT2D eigenvalue weighted by Crippen LogP contribution is -2.00. The van der Waals surface area contributed by atoms with Crippen molar-refractivity contribution in [3.05, 3.63) is 158 Å². The van der Waals surface area contributed by atoms with Crippen LogP contribution in [0, 0.1) is 0 Å². The molecule has 10 rings (SSSR count). The summed E-state index contributed by atoms with van der Waals surface area (Å²) in [6.45, 7) is 0. The molecule has 0 bridgehead atoms. The van der Waals surface area contributed by atoms with Gasteiger partial charge in [-0.1, -0.05) is 115 Å². The number of rotatable bonds is 4. The van der Waals surface area contributed by atoms with Crippen molar-refractivity contribution in [2.24, 2.45) is 0 Å². The van der Waals surface area contributed by atoms with Gasteiger partial charge in [0.2, 0.25) is 0 Å². The van der Waals surface area contributed by atoms with Crippen LogP contribution in [-0.4, -0.2) is 19.9 Å². The highest BCUT2D eigenvalue weighted by atomic mass is 16.3. The van der Waals surface area contributed by atoms with Crippen molar-refractivity contribution in [1.29, 1.82) is 0 Å². The molecule has 0 aliphatic carbocycles. The van der Waals surface area contributed by atoms with Crippen molar-refractivity contribution in [3.63, 3.8) is 0 Å². The molecule has 0 spiro atoms. The molecule has 5 nitrogen and oxygen atoms in total. The standard InChI is InChI=1S/C44H26N4O/c1-2-9-28(10-3-1)42-46-43(48-44(47-42)36-26-31-11-4-5-12-32(31)33-13-6-7-14-34(33)36)29-18-16-27(17-19-29)30-20-22-39-37(25-30)41-35-15-8-24-45-38(35)21-23-40(41)49-39/h1-26H. The second-order valence-electron chi connectivity index (χ2n) is 12.3. The number of hydrogen-bond donors (Lipinski definition) is 0. The Hall–Kier alpha value is -6.72. The van der Waals surface area contributed by atoms with Gasteiger partial charge >= 0.3 is 0 Å². The Bertz CT molecular complexity index is 2880. The molecule has 0 fully saturated rings. The maximum Gasteiger partial charge on any atom is 0.164 e. The molecule has 49 heavy (non-hydrogen) atoms. The van der Waals surface area contributed by atoms with E-state index in [1.807, 2.05) is 54.7 Å². The molecule has 0 saturated heterocycles. The van der Waals surface area contributed by atoms with Crippen LogP contribution >= 0.6 is 0 Å². The molecule has 0 unspecified atom stereocenters. The van der Waals surface area contributed by atoms with E-state index in [9.17, 15) is 0 Å². The Labute approximate surface area is 281 Å². The van der Waals surface area contributed by atoms with Crippen molar-refractivity contribution < 1.29 is 4.42 Å². The Balaban J connectivity index is 1.11. The molecule has 228 valence electrons. The van der Waals surface area contributed by atoms with Crippen molar-refractivity contribution >= 4 is 54.4 Å². The van der Waals surface area contributed by atoms with E-state index in [0.717, 1.165) is 71.4 Å². The summed E-state index contributed by atoms with van der Waals surface area (Å²) in [5.74, 6) is 1.91. The van der Waals surface area contributed by atoms with E-state index in [4.69, 9.17) is 19.4 Å². The van der Waals surface area contributed by atoms with E-state index >= 15 is 0 Å². The monoisotopic (exact) mass is 626 g/mol. The molecular formula is C44H26N4O. The highest BCUT2D eigenvalue weighted by Crippen LogP contribution is 2.38. The smallest absolute Gasteiger partial charge is 0.164 e. The van der Waals surface area contributed by atoms with Gasteiger partial charge in [-0.3, -0.25) is 4.98 Å². The van der Waals surface area contributed by atoms with Crippen molar-refractivity contribution in [1.82, 2.24) is 19.9 Å². The van der Waals surface area contributed by atoms with Gasteiger partial charge in [-0.25, -0.2) is 15.0 Å². The third kappa shape index (κ3) is 4.55. The zero-order chi connectivity index (χ0) is 32.3. The van der Waals surface area contributed by atoms with Gasteiger partial charge in [-0.15, -0.1) is 0 Å². The van der Waals surface area contributed by atoms with Gasteiger partial charge in [-0.2, -0.15) is 0 Å². The van der Waals surface area contributed by atoms with Crippen LogP contribution in [0.25, 0.3) is 99.7 Å². The van der Waals surface area contributed by atoms with Gasteiger partial charge in [0.05, 0.1) is 5.52 Å². The van der Waals surface area contributed by atoms with Gasteiger partial charge < -0.3 is 4.42 Å². The summed E-state index contributed by atoms with van der Waals surface area (Å²) in [5.41, 5.74) is 7.72. The average molecular weight is 627 g/mol. The predicted molar refractivity (Wildman–Crippen MR) is 199 cm³/mol. The number of nitrogens with zero attached hydrogens (tertiary/aromatic N) is 4. The second kappa shape index (κ2) is 10.9. The van der Waals surface area contributed by atoms with Crippen LogP contribution in [0.5, 0.6) is 0 Å². The van der Waals surface area contributed by atoms with E-state index < -0.39 is 0 Å². The molecule has 0 radical (unpaired) electrons. The van der Waals surface area contributed by atoms with Crippen LogP contribution < -0.4 is 0 Å². The lowest BCUT2D eigenvalue weighted by molar-refractivity contribution is 0.669. The van der Waals surface area contributed by atoms with Crippen molar-refractivity contribution in [3.8, 4) is 45.3 Å². The highest BCUT2D eigenvalue weighted by molar-refractivity contribution is 6.18. The molecule has 7 aromatic carbocycles. The normalized spacial score (nSPS) is 11.7. The van der Waals surface area contributed by atoms with E-state index in [1.54, 1.807) is 0 Å². The summed E-state index contributed by atoms with van der Waals surface area (Å²) in [6.07, 6.45) is 1.83. The number of benzene rings is 7. The Morgan fingerprint density at radius 1 is 0.388 bits per heavy atom. The molecule has 0 amide bonds. The molecular weight excluding hydrogens is 601 g/mol. The van der Waals surface area contributed by atoms with E-state index in [0.29, 0.717) is 17.5 Å². The summed E-state index contributed by atoms with van der Waals surface area (Å²) < 4.78 is 6.22. The van der Waals surface area contributed by atoms with Gasteiger partial charge in [-0.05, 0) is 69.1 Å². The average Bonchev–Trinajstić information content (AvgIpc) is 3.56. The van der Waals surface area contributed by atoms with E-state index in [-0.39, 0.29) is 0 Å². The van der Waals surface area contributed by atoms with E-state index in [2.05, 4.69) is 108 Å². The molecule has 3 aromatic heterocycles. The SMILES string of the molecule is c1ccc(-c2nc(-c3ccc(-c4ccc5oc6ccc7ncccc7c6c5c4)cc3)nc(-c3cc4ccccc4c4ccccc34)n2)cc1. The molecule has 0 aliphatic rings. The number of hydrogen-bond acceptors (Lipinski definition) is 5. The van der Waals surface area contributed by atoms with Crippen LogP contribution in [0.2, 0.25) is 0 Å². The van der Waals surface area contributed by atoms with Gasteiger partial charge in [0, 0.05) is 39.0 Å². The fourth-order valence-electron chi connectivity index (χ4n) is 7.00. The maximum absolute atomic E-state index is 6.22.